The second kappa shape index (κ2) is 8.75. The zero-order valence-corrected chi connectivity index (χ0v) is 19.2. The number of hydrogen-bond donors (Lipinski definition) is 0. The molecule has 5 heteroatoms. The Morgan fingerprint density at radius 2 is 1.76 bits per heavy atom. The molecule has 168 valence electrons. The van der Waals surface area contributed by atoms with Crippen molar-refractivity contribution in [3.05, 3.63) is 104 Å². The van der Waals surface area contributed by atoms with E-state index >= 15 is 0 Å². The summed E-state index contributed by atoms with van der Waals surface area (Å²) in [6.07, 6.45) is 0.553. The lowest BCUT2D eigenvalue weighted by atomic mass is 9.96. The molecule has 0 aliphatic carbocycles. The van der Waals surface area contributed by atoms with Crippen molar-refractivity contribution in [3.8, 4) is 11.5 Å². The first-order valence-electron chi connectivity index (χ1n) is 11.1. The molecule has 0 radical (unpaired) electrons. The molecule has 5 nitrogen and oxygen atoms in total. The highest BCUT2D eigenvalue weighted by molar-refractivity contribution is 5.87. The van der Waals surface area contributed by atoms with Crippen molar-refractivity contribution in [1.82, 2.24) is 4.90 Å². The van der Waals surface area contributed by atoms with Gasteiger partial charge in [0.2, 0.25) is 0 Å². The molecule has 0 saturated carbocycles. The number of ether oxygens (including phenoxy) is 2. The van der Waals surface area contributed by atoms with Crippen LogP contribution in [-0.2, 0) is 19.5 Å². The zero-order valence-electron chi connectivity index (χ0n) is 19.2. The Balaban J connectivity index is 1.52. The number of aryl methyl sites for hydroxylation is 2. The van der Waals surface area contributed by atoms with Crippen LogP contribution >= 0.6 is 0 Å². The molecule has 1 aliphatic rings. The molecule has 0 atom stereocenters. The highest BCUT2D eigenvalue weighted by Gasteiger charge is 2.24. The third-order valence-corrected chi connectivity index (χ3v) is 6.43. The molecule has 0 unspecified atom stereocenters. The predicted molar refractivity (Wildman–Crippen MR) is 129 cm³/mol. The van der Waals surface area contributed by atoms with Gasteiger partial charge in [-0.05, 0) is 37.1 Å². The number of methoxy groups -OCH3 is 1. The van der Waals surface area contributed by atoms with Crippen LogP contribution in [0.1, 0.15) is 33.4 Å². The summed E-state index contributed by atoms with van der Waals surface area (Å²) in [5.41, 5.74) is 6.21. The van der Waals surface area contributed by atoms with Gasteiger partial charge in [-0.1, -0.05) is 48.5 Å². The van der Waals surface area contributed by atoms with Gasteiger partial charge in [0, 0.05) is 47.2 Å². The average molecular weight is 442 g/mol. The number of benzene rings is 3. The Kier molecular flexibility index (Phi) is 5.65. The van der Waals surface area contributed by atoms with Crippen molar-refractivity contribution in [2.24, 2.45) is 0 Å². The summed E-state index contributed by atoms with van der Waals surface area (Å²) in [5.74, 6) is 1.69. The van der Waals surface area contributed by atoms with Crippen LogP contribution in [0.5, 0.6) is 11.5 Å². The molecule has 0 spiro atoms. The lowest BCUT2D eigenvalue weighted by Crippen LogP contribution is -2.32. The summed E-state index contributed by atoms with van der Waals surface area (Å²) >= 11 is 0. The Morgan fingerprint density at radius 1 is 1.00 bits per heavy atom. The van der Waals surface area contributed by atoms with E-state index in [9.17, 15) is 4.79 Å². The molecule has 5 rings (SSSR count). The van der Waals surface area contributed by atoms with Crippen molar-refractivity contribution >= 4 is 11.0 Å². The van der Waals surface area contributed by atoms with Gasteiger partial charge < -0.3 is 13.9 Å². The third-order valence-electron chi connectivity index (χ3n) is 6.43. The smallest absolute Gasteiger partial charge is 0.340 e. The second-order valence-electron chi connectivity index (χ2n) is 8.59. The number of para-hydroxylation sites is 1. The SMILES string of the molecule is COc1ccccc1CN1COc2c(cc3c(C)c(Cc4ccccc4)c(=O)oc3c2C)C1. The fourth-order valence-electron chi connectivity index (χ4n) is 4.67. The van der Waals surface area contributed by atoms with Crippen LogP contribution in [0, 0.1) is 13.8 Å². The molecule has 4 aromatic rings. The van der Waals surface area contributed by atoms with Crippen LogP contribution in [-0.4, -0.2) is 18.7 Å². The maximum atomic E-state index is 12.9. The molecule has 0 N–H and O–H groups in total. The summed E-state index contributed by atoms with van der Waals surface area (Å²) in [7, 11) is 1.69. The summed E-state index contributed by atoms with van der Waals surface area (Å²) in [4.78, 5) is 15.1. The second-order valence-corrected chi connectivity index (χ2v) is 8.59. The molecule has 0 fully saturated rings. The first-order valence-corrected chi connectivity index (χ1v) is 11.1. The van der Waals surface area contributed by atoms with Gasteiger partial charge in [0.25, 0.3) is 0 Å². The fraction of sp³-hybridized carbons (Fsp3) is 0.250. The van der Waals surface area contributed by atoms with Gasteiger partial charge >= 0.3 is 5.63 Å². The third kappa shape index (κ3) is 4.00. The molecule has 2 heterocycles. The number of rotatable bonds is 5. The number of hydrogen-bond acceptors (Lipinski definition) is 5. The summed E-state index contributed by atoms with van der Waals surface area (Å²) in [6, 6.07) is 20.2. The summed E-state index contributed by atoms with van der Waals surface area (Å²) < 4.78 is 17.5. The van der Waals surface area contributed by atoms with E-state index in [4.69, 9.17) is 13.9 Å². The highest BCUT2D eigenvalue weighted by atomic mass is 16.5. The Labute approximate surface area is 193 Å². The number of fused-ring (bicyclic) bond motifs is 2. The van der Waals surface area contributed by atoms with E-state index in [2.05, 4.69) is 17.0 Å². The number of nitrogens with zero attached hydrogens (tertiary/aromatic N) is 1. The first-order chi connectivity index (χ1) is 16.0. The average Bonchev–Trinajstić information content (AvgIpc) is 2.84. The fourth-order valence-corrected chi connectivity index (χ4v) is 4.67. The van der Waals surface area contributed by atoms with Crippen molar-refractivity contribution in [3.63, 3.8) is 0 Å². The standard InChI is InChI=1S/C28H27NO4/c1-18-23-14-22-16-29(15-21-11-7-8-12-25(21)31-3)17-32-26(22)19(2)27(23)33-28(30)24(18)13-20-9-5-4-6-10-20/h4-12,14H,13,15-17H2,1-3H3. The monoisotopic (exact) mass is 441 g/mol. The van der Waals surface area contributed by atoms with E-state index in [0.29, 0.717) is 24.3 Å². The van der Waals surface area contributed by atoms with E-state index in [1.165, 1.54) is 0 Å². The first kappa shape index (κ1) is 21.3. The van der Waals surface area contributed by atoms with Crippen molar-refractivity contribution < 1.29 is 13.9 Å². The highest BCUT2D eigenvalue weighted by Crippen LogP contribution is 2.37. The molecule has 0 bridgehead atoms. The molecule has 0 amide bonds. The van der Waals surface area contributed by atoms with Crippen LogP contribution in [0.25, 0.3) is 11.0 Å². The Morgan fingerprint density at radius 3 is 2.55 bits per heavy atom. The topological polar surface area (TPSA) is 51.9 Å². The maximum absolute atomic E-state index is 12.9. The van der Waals surface area contributed by atoms with Crippen molar-refractivity contribution in [2.45, 2.75) is 33.4 Å². The molecule has 3 aromatic carbocycles. The minimum atomic E-state index is -0.277. The van der Waals surface area contributed by atoms with Gasteiger partial charge in [-0.15, -0.1) is 0 Å². The lowest BCUT2D eigenvalue weighted by molar-refractivity contribution is 0.0874. The quantitative estimate of drug-likeness (QED) is 0.390. The van der Waals surface area contributed by atoms with Crippen molar-refractivity contribution in [2.75, 3.05) is 13.8 Å². The zero-order chi connectivity index (χ0) is 22.9. The van der Waals surface area contributed by atoms with Crippen LogP contribution in [0.3, 0.4) is 0 Å². The van der Waals surface area contributed by atoms with Crippen LogP contribution in [0.4, 0.5) is 0 Å². The van der Waals surface area contributed by atoms with Crippen LogP contribution < -0.4 is 15.1 Å². The molecular formula is C28H27NO4. The minimum absolute atomic E-state index is 0.277. The normalized spacial score (nSPS) is 13.5. The van der Waals surface area contributed by atoms with Gasteiger partial charge in [-0.2, -0.15) is 0 Å². The minimum Gasteiger partial charge on any atom is -0.496 e. The van der Waals surface area contributed by atoms with Gasteiger partial charge in [0.1, 0.15) is 23.8 Å². The summed E-state index contributed by atoms with van der Waals surface area (Å²) in [5, 5.41) is 0.972. The van der Waals surface area contributed by atoms with Crippen LogP contribution in [0.2, 0.25) is 0 Å². The van der Waals surface area contributed by atoms with Crippen LogP contribution in [0.15, 0.2) is 69.9 Å². The van der Waals surface area contributed by atoms with E-state index < -0.39 is 0 Å². The lowest BCUT2D eigenvalue weighted by Gasteiger charge is -2.30. The van der Waals surface area contributed by atoms with E-state index in [1.807, 2.05) is 62.4 Å². The Bertz CT molecular complexity index is 1370. The van der Waals surface area contributed by atoms with Crippen molar-refractivity contribution in [1.29, 1.82) is 0 Å². The molecule has 1 aliphatic heterocycles. The van der Waals surface area contributed by atoms with Gasteiger partial charge in [0.15, 0.2) is 0 Å². The van der Waals surface area contributed by atoms with E-state index in [1.54, 1.807) is 7.11 Å². The molecule has 33 heavy (non-hydrogen) atoms. The predicted octanol–water partition coefficient (Wildman–Crippen LogP) is 5.36. The maximum Gasteiger partial charge on any atom is 0.340 e. The van der Waals surface area contributed by atoms with Gasteiger partial charge in [-0.25, -0.2) is 4.79 Å². The van der Waals surface area contributed by atoms with Gasteiger partial charge in [-0.3, -0.25) is 4.90 Å². The molecule has 0 saturated heterocycles. The van der Waals surface area contributed by atoms with Gasteiger partial charge in [0.05, 0.1) is 7.11 Å². The summed E-state index contributed by atoms with van der Waals surface area (Å²) in [6.45, 7) is 5.92. The van der Waals surface area contributed by atoms with E-state index in [-0.39, 0.29) is 5.63 Å². The molecule has 1 aromatic heterocycles. The largest absolute Gasteiger partial charge is 0.496 e. The van der Waals surface area contributed by atoms with E-state index in [0.717, 1.165) is 57.8 Å². The molecular weight excluding hydrogens is 414 g/mol. The Hall–Kier alpha value is -3.57.